The maximum atomic E-state index is 12.6. The quantitative estimate of drug-likeness (QED) is 0.180. The smallest absolute Gasteiger partial charge is 0.266 e. The van der Waals surface area contributed by atoms with Crippen LogP contribution in [-0.2, 0) is 14.4 Å². The van der Waals surface area contributed by atoms with E-state index in [0.29, 0.717) is 38.5 Å². The minimum atomic E-state index is -0.388. The molecule has 1 aliphatic heterocycles. The number of amides is 3. The molecule has 184 valence electrons. The maximum absolute atomic E-state index is 12.6. The zero-order valence-electron chi connectivity index (χ0n) is 19.0. The molecule has 0 radical (unpaired) electrons. The minimum Gasteiger partial charge on any atom is -0.431 e. The number of nitrogens with zero attached hydrogens (tertiary/aromatic N) is 2. The molecular formula is C25H22N4O4S3. The summed E-state index contributed by atoms with van der Waals surface area (Å²) >= 11 is 7.70. The van der Waals surface area contributed by atoms with E-state index < -0.39 is 0 Å². The molecule has 2 aromatic carbocycles. The van der Waals surface area contributed by atoms with E-state index >= 15 is 0 Å². The van der Waals surface area contributed by atoms with Crippen LogP contribution in [0.25, 0.3) is 17.2 Å². The summed E-state index contributed by atoms with van der Waals surface area (Å²) in [6.07, 6.45) is 6.01. The highest BCUT2D eigenvalue weighted by Crippen LogP contribution is 2.31. The topological polar surface area (TPSA) is 105 Å². The largest absolute Gasteiger partial charge is 0.431 e. The van der Waals surface area contributed by atoms with E-state index in [4.69, 9.17) is 16.6 Å². The molecule has 0 atom stereocenters. The van der Waals surface area contributed by atoms with Crippen LogP contribution in [0.5, 0.6) is 0 Å². The van der Waals surface area contributed by atoms with Gasteiger partial charge < -0.3 is 4.42 Å². The Labute approximate surface area is 221 Å². The summed E-state index contributed by atoms with van der Waals surface area (Å²) < 4.78 is 6.01. The first-order valence-electron chi connectivity index (χ1n) is 11.0. The predicted molar refractivity (Wildman–Crippen MR) is 146 cm³/mol. The van der Waals surface area contributed by atoms with E-state index in [1.54, 1.807) is 12.1 Å². The molecule has 0 saturated carbocycles. The van der Waals surface area contributed by atoms with Crippen LogP contribution in [0.15, 0.2) is 81.3 Å². The van der Waals surface area contributed by atoms with E-state index in [1.807, 2.05) is 60.7 Å². The number of carbonyl (C=O) groups is 3. The van der Waals surface area contributed by atoms with E-state index in [1.165, 1.54) is 16.7 Å². The van der Waals surface area contributed by atoms with E-state index in [2.05, 4.69) is 15.8 Å². The molecule has 3 amide bonds. The number of thiocarbonyl (C=S) groups is 1. The molecule has 1 aliphatic rings. The number of rotatable bonds is 9. The summed E-state index contributed by atoms with van der Waals surface area (Å²) in [5.41, 5.74) is 7.15. The number of carbonyl (C=O) groups excluding carboxylic acids is 3. The van der Waals surface area contributed by atoms with Crippen molar-refractivity contribution in [2.75, 3.05) is 12.3 Å². The van der Waals surface area contributed by atoms with Gasteiger partial charge in [0.15, 0.2) is 5.58 Å². The highest BCUT2D eigenvalue weighted by Gasteiger charge is 2.31. The predicted octanol–water partition coefficient (Wildman–Crippen LogP) is 4.31. The summed E-state index contributed by atoms with van der Waals surface area (Å²) in [6.45, 7) is 0.319. The van der Waals surface area contributed by atoms with Gasteiger partial charge in [-0.25, -0.2) is 4.98 Å². The molecule has 3 aromatic rings. The van der Waals surface area contributed by atoms with Gasteiger partial charge in [-0.15, -0.1) is 0 Å². The number of benzene rings is 2. The second-order valence-corrected chi connectivity index (χ2v) is 10.2. The normalized spacial score (nSPS) is 14.8. The molecule has 2 N–H and O–H groups in total. The van der Waals surface area contributed by atoms with Crippen molar-refractivity contribution < 1.29 is 18.8 Å². The van der Waals surface area contributed by atoms with Gasteiger partial charge in [-0.05, 0) is 30.2 Å². The Morgan fingerprint density at radius 2 is 1.83 bits per heavy atom. The van der Waals surface area contributed by atoms with Gasteiger partial charge >= 0.3 is 0 Å². The Morgan fingerprint density at radius 3 is 2.64 bits per heavy atom. The number of oxazole rings is 1. The van der Waals surface area contributed by atoms with Crippen molar-refractivity contribution in [3.63, 3.8) is 0 Å². The lowest BCUT2D eigenvalue weighted by atomic mass is 10.2. The monoisotopic (exact) mass is 538 g/mol. The number of thioether (sulfide) groups is 2. The van der Waals surface area contributed by atoms with Crippen LogP contribution in [0.2, 0.25) is 0 Å². The fourth-order valence-electron chi connectivity index (χ4n) is 3.19. The molecule has 2 heterocycles. The third kappa shape index (κ3) is 7.06. The van der Waals surface area contributed by atoms with Crippen molar-refractivity contribution in [3.8, 4) is 0 Å². The van der Waals surface area contributed by atoms with E-state index in [-0.39, 0.29) is 29.9 Å². The first-order valence-corrected chi connectivity index (χ1v) is 13.2. The third-order valence-corrected chi connectivity index (χ3v) is 7.16. The number of hydrogen-bond donors (Lipinski definition) is 2. The van der Waals surface area contributed by atoms with Gasteiger partial charge in [0.05, 0.1) is 10.7 Å². The number of allylic oxidation sites excluding steroid dienone is 2. The van der Waals surface area contributed by atoms with Crippen molar-refractivity contribution in [1.82, 2.24) is 20.7 Å². The fraction of sp³-hybridized carbons (Fsp3) is 0.160. The average Bonchev–Trinajstić information content (AvgIpc) is 3.42. The molecule has 0 spiro atoms. The van der Waals surface area contributed by atoms with Gasteiger partial charge in [-0.1, -0.05) is 90.4 Å². The molecular weight excluding hydrogens is 517 g/mol. The third-order valence-electron chi connectivity index (χ3n) is 4.94. The summed E-state index contributed by atoms with van der Waals surface area (Å²) in [4.78, 5) is 43.1. The Bertz CT molecular complexity index is 1300. The molecule has 11 heteroatoms. The van der Waals surface area contributed by atoms with Gasteiger partial charge in [0.2, 0.25) is 11.8 Å². The van der Waals surface area contributed by atoms with Crippen LogP contribution in [0.3, 0.4) is 0 Å². The number of para-hydroxylation sites is 2. The second kappa shape index (κ2) is 12.5. The molecule has 1 saturated heterocycles. The van der Waals surface area contributed by atoms with Crippen molar-refractivity contribution >= 4 is 75.0 Å². The summed E-state index contributed by atoms with van der Waals surface area (Å²) in [6, 6.07) is 17.1. The van der Waals surface area contributed by atoms with Crippen molar-refractivity contribution in [1.29, 1.82) is 0 Å². The molecule has 4 rings (SSSR count). The highest BCUT2D eigenvalue weighted by molar-refractivity contribution is 8.26. The zero-order chi connectivity index (χ0) is 25.3. The molecule has 8 nitrogen and oxygen atoms in total. The van der Waals surface area contributed by atoms with Crippen LogP contribution < -0.4 is 10.9 Å². The van der Waals surface area contributed by atoms with E-state index in [9.17, 15) is 14.4 Å². The molecule has 0 aliphatic carbocycles. The minimum absolute atomic E-state index is 0.0364. The highest BCUT2D eigenvalue weighted by atomic mass is 32.2. The number of hydrazine groups is 1. The lowest BCUT2D eigenvalue weighted by Crippen LogP contribution is -2.42. The number of hydrogen-bond acceptors (Lipinski definition) is 8. The SMILES string of the molecule is O=C(CCCN1C(=O)/C(=C/C=C/c2ccccc2)SC1=S)NNC(=O)CSc1nc2ccccc2o1. The van der Waals surface area contributed by atoms with Crippen molar-refractivity contribution in [2.24, 2.45) is 0 Å². The Kier molecular flexibility index (Phi) is 8.93. The fourth-order valence-corrected chi connectivity index (χ4v) is 5.09. The van der Waals surface area contributed by atoms with Crippen LogP contribution in [0.1, 0.15) is 18.4 Å². The van der Waals surface area contributed by atoms with Gasteiger partial charge in [-0.3, -0.25) is 30.1 Å². The van der Waals surface area contributed by atoms with Crippen LogP contribution >= 0.6 is 35.7 Å². The zero-order valence-corrected chi connectivity index (χ0v) is 21.5. The maximum Gasteiger partial charge on any atom is 0.266 e. The standard InChI is InChI=1S/C25H22N4O4S3/c30-21(27-28-22(31)16-35-24-26-18-11-4-5-12-19(18)33-24)14-7-15-29-23(32)20(36-25(29)34)13-6-10-17-8-2-1-3-9-17/h1-6,8-13H,7,14-16H2,(H,27,30)(H,28,31)/b10-6+,20-13-. The van der Waals surface area contributed by atoms with Crippen LogP contribution in [-0.4, -0.2) is 44.2 Å². The van der Waals surface area contributed by atoms with Gasteiger partial charge in [0, 0.05) is 13.0 Å². The molecule has 0 bridgehead atoms. The molecule has 1 aromatic heterocycles. The van der Waals surface area contributed by atoms with Crippen LogP contribution in [0.4, 0.5) is 0 Å². The Balaban J connectivity index is 1.15. The number of nitrogens with one attached hydrogen (secondary N) is 2. The lowest BCUT2D eigenvalue weighted by molar-refractivity contribution is -0.128. The van der Waals surface area contributed by atoms with Crippen LogP contribution in [0, 0.1) is 0 Å². The summed E-state index contributed by atoms with van der Waals surface area (Å²) in [5.74, 6) is -0.884. The first kappa shape index (κ1) is 25.7. The Morgan fingerprint density at radius 1 is 1.08 bits per heavy atom. The Hall–Kier alpha value is -3.41. The average molecular weight is 539 g/mol. The molecule has 36 heavy (non-hydrogen) atoms. The second-order valence-electron chi connectivity index (χ2n) is 7.56. The lowest BCUT2D eigenvalue weighted by Gasteiger charge is -2.14. The number of fused-ring (bicyclic) bond motifs is 1. The van der Waals surface area contributed by atoms with E-state index in [0.717, 1.165) is 17.3 Å². The first-order chi connectivity index (χ1) is 17.5. The number of aromatic nitrogens is 1. The van der Waals surface area contributed by atoms with Crippen molar-refractivity contribution in [2.45, 2.75) is 18.1 Å². The van der Waals surface area contributed by atoms with Gasteiger partial charge in [-0.2, -0.15) is 0 Å². The van der Waals surface area contributed by atoms with Crippen molar-refractivity contribution in [3.05, 3.63) is 77.2 Å². The van der Waals surface area contributed by atoms with Gasteiger partial charge in [0.1, 0.15) is 9.84 Å². The molecule has 1 fully saturated rings. The summed E-state index contributed by atoms with van der Waals surface area (Å²) in [7, 11) is 0. The van der Waals surface area contributed by atoms with Gasteiger partial charge in [0.25, 0.3) is 11.1 Å². The molecule has 0 unspecified atom stereocenters. The summed E-state index contributed by atoms with van der Waals surface area (Å²) in [5, 5.41) is 0.380.